The van der Waals surface area contributed by atoms with Crippen LogP contribution in [0.1, 0.15) is 17.0 Å². The molecule has 88 valence electrons. The summed E-state index contributed by atoms with van der Waals surface area (Å²) in [4.78, 5) is 9.20. The average Bonchev–Trinajstić information content (AvgIpc) is 2.68. The molecule has 0 spiro atoms. The van der Waals surface area contributed by atoms with Gasteiger partial charge in [0.1, 0.15) is 12.2 Å². The minimum Gasteiger partial charge on any atom is -0.384 e. The highest BCUT2D eigenvalue weighted by Gasteiger charge is 2.13. The van der Waals surface area contributed by atoms with Gasteiger partial charge in [0.25, 0.3) is 0 Å². The van der Waals surface area contributed by atoms with Crippen molar-refractivity contribution in [1.82, 2.24) is 20.2 Å². The van der Waals surface area contributed by atoms with Gasteiger partial charge in [0, 0.05) is 16.3 Å². The number of nitrogens with one attached hydrogen (secondary N) is 2. The molecule has 7 heteroatoms. The van der Waals surface area contributed by atoms with Gasteiger partial charge in [-0.1, -0.05) is 0 Å². The Hall–Kier alpha value is -1.89. The lowest BCUT2D eigenvalue weighted by atomic mass is 10.1. The third kappa shape index (κ3) is 2.44. The number of aromatic nitrogens is 4. The number of hydrogen-bond acceptors (Lipinski definition) is 5. The lowest BCUT2D eigenvalue weighted by Gasteiger charge is -2.10. The van der Waals surface area contributed by atoms with E-state index in [-0.39, 0.29) is 5.84 Å². The maximum atomic E-state index is 7.59. The molecule has 2 aromatic rings. The van der Waals surface area contributed by atoms with Gasteiger partial charge < -0.3 is 5.73 Å². The predicted molar refractivity (Wildman–Crippen MR) is 65.2 cm³/mol. The van der Waals surface area contributed by atoms with Crippen LogP contribution in [0.25, 0.3) is 0 Å². The van der Waals surface area contributed by atoms with E-state index in [1.54, 1.807) is 0 Å². The SMILES string of the molecule is Cc1cc(Sc2ncn[nH]2)c(C(=N)N)c(C)n1. The minimum atomic E-state index is 0.0111. The minimum absolute atomic E-state index is 0.0111. The number of aryl methyl sites for hydroxylation is 2. The maximum absolute atomic E-state index is 7.59. The Kier molecular flexibility index (Phi) is 3.10. The van der Waals surface area contributed by atoms with E-state index in [4.69, 9.17) is 11.1 Å². The lowest BCUT2D eigenvalue weighted by molar-refractivity contribution is 0.970. The monoisotopic (exact) mass is 248 g/mol. The number of nitrogen functional groups attached to an aromatic ring is 1. The van der Waals surface area contributed by atoms with E-state index in [0.29, 0.717) is 10.7 Å². The van der Waals surface area contributed by atoms with E-state index in [0.717, 1.165) is 16.3 Å². The molecule has 0 aromatic carbocycles. The molecule has 0 atom stereocenters. The fraction of sp³-hybridized carbons (Fsp3) is 0.200. The zero-order chi connectivity index (χ0) is 12.4. The number of amidine groups is 1. The zero-order valence-corrected chi connectivity index (χ0v) is 10.3. The summed E-state index contributed by atoms with van der Waals surface area (Å²) in [7, 11) is 0. The first kappa shape index (κ1) is 11.6. The predicted octanol–water partition coefficient (Wildman–Crippen LogP) is 1.25. The van der Waals surface area contributed by atoms with Crippen molar-refractivity contribution in [1.29, 1.82) is 5.41 Å². The molecule has 2 aromatic heterocycles. The summed E-state index contributed by atoms with van der Waals surface area (Å²) in [6, 6.07) is 1.89. The Bertz CT molecular complexity index is 548. The first-order valence-electron chi connectivity index (χ1n) is 4.94. The summed E-state index contributed by atoms with van der Waals surface area (Å²) < 4.78 is 0. The third-order valence-electron chi connectivity index (χ3n) is 2.16. The quantitative estimate of drug-likeness (QED) is 0.560. The smallest absolute Gasteiger partial charge is 0.188 e. The van der Waals surface area contributed by atoms with Gasteiger partial charge in [0.15, 0.2) is 5.16 Å². The number of rotatable bonds is 3. The fourth-order valence-electron chi connectivity index (χ4n) is 1.55. The van der Waals surface area contributed by atoms with Gasteiger partial charge in [-0.25, -0.2) is 4.98 Å². The highest BCUT2D eigenvalue weighted by molar-refractivity contribution is 7.99. The fourth-order valence-corrected chi connectivity index (χ4v) is 2.54. The zero-order valence-electron chi connectivity index (χ0n) is 9.48. The second kappa shape index (κ2) is 4.54. The summed E-state index contributed by atoms with van der Waals surface area (Å²) >= 11 is 1.39. The number of aromatic amines is 1. The largest absolute Gasteiger partial charge is 0.384 e. The summed E-state index contributed by atoms with van der Waals surface area (Å²) in [5.41, 5.74) is 7.86. The molecule has 2 rings (SSSR count). The van der Waals surface area contributed by atoms with Gasteiger partial charge in [0.05, 0.1) is 5.56 Å². The van der Waals surface area contributed by atoms with E-state index in [9.17, 15) is 0 Å². The Morgan fingerprint density at radius 2 is 2.24 bits per heavy atom. The molecule has 0 unspecified atom stereocenters. The number of H-pyrrole nitrogens is 1. The molecule has 0 radical (unpaired) electrons. The van der Waals surface area contributed by atoms with Gasteiger partial charge in [-0.2, -0.15) is 5.10 Å². The second-order valence-corrected chi connectivity index (χ2v) is 4.56. The van der Waals surface area contributed by atoms with Crippen molar-refractivity contribution in [3.63, 3.8) is 0 Å². The van der Waals surface area contributed by atoms with Crippen molar-refractivity contribution in [2.75, 3.05) is 0 Å². The Morgan fingerprint density at radius 3 is 2.82 bits per heavy atom. The first-order chi connectivity index (χ1) is 8.08. The lowest BCUT2D eigenvalue weighted by Crippen LogP contribution is -2.15. The summed E-state index contributed by atoms with van der Waals surface area (Å²) in [5, 5.41) is 14.8. The molecule has 0 fully saturated rings. The molecule has 0 aliphatic carbocycles. The summed E-state index contributed by atoms with van der Waals surface area (Å²) in [5.74, 6) is 0.0111. The summed E-state index contributed by atoms with van der Waals surface area (Å²) in [6.45, 7) is 3.75. The van der Waals surface area contributed by atoms with Crippen LogP contribution in [0, 0.1) is 19.3 Å². The second-order valence-electron chi connectivity index (χ2n) is 3.53. The van der Waals surface area contributed by atoms with E-state index < -0.39 is 0 Å². The van der Waals surface area contributed by atoms with E-state index in [1.807, 2.05) is 19.9 Å². The van der Waals surface area contributed by atoms with Gasteiger partial charge in [-0.3, -0.25) is 15.5 Å². The van der Waals surface area contributed by atoms with Crippen molar-refractivity contribution in [2.24, 2.45) is 5.73 Å². The molecule has 4 N–H and O–H groups in total. The molecule has 2 heterocycles. The van der Waals surface area contributed by atoms with Crippen molar-refractivity contribution in [3.05, 3.63) is 29.3 Å². The normalized spacial score (nSPS) is 10.5. The van der Waals surface area contributed by atoms with Gasteiger partial charge in [0.2, 0.25) is 0 Å². The molecule has 17 heavy (non-hydrogen) atoms. The Morgan fingerprint density at radius 1 is 1.47 bits per heavy atom. The Labute approximate surface area is 103 Å². The van der Waals surface area contributed by atoms with Crippen molar-refractivity contribution in [2.45, 2.75) is 23.9 Å². The van der Waals surface area contributed by atoms with E-state index in [1.165, 1.54) is 18.1 Å². The van der Waals surface area contributed by atoms with Crippen LogP contribution < -0.4 is 5.73 Å². The summed E-state index contributed by atoms with van der Waals surface area (Å²) in [6.07, 6.45) is 1.44. The van der Waals surface area contributed by atoms with Crippen LogP contribution >= 0.6 is 11.8 Å². The van der Waals surface area contributed by atoms with Gasteiger partial charge in [-0.15, -0.1) is 0 Å². The first-order valence-corrected chi connectivity index (χ1v) is 5.75. The molecule has 0 aliphatic heterocycles. The number of nitrogens with zero attached hydrogens (tertiary/aromatic N) is 3. The van der Waals surface area contributed by atoms with E-state index in [2.05, 4.69) is 20.2 Å². The average molecular weight is 248 g/mol. The molecule has 0 saturated heterocycles. The van der Waals surface area contributed by atoms with Crippen LogP contribution in [0.5, 0.6) is 0 Å². The number of pyridine rings is 1. The van der Waals surface area contributed by atoms with Crippen LogP contribution in [0.15, 0.2) is 22.4 Å². The van der Waals surface area contributed by atoms with Crippen molar-refractivity contribution in [3.8, 4) is 0 Å². The van der Waals surface area contributed by atoms with Crippen LogP contribution in [-0.2, 0) is 0 Å². The van der Waals surface area contributed by atoms with Crippen molar-refractivity contribution >= 4 is 17.6 Å². The highest BCUT2D eigenvalue weighted by Crippen LogP contribution is 2.29. The molecule has 0 aliphatic rings. The standard InChI is InChI=1S/C10H12N6S/c1-5-3-7(17-10-13-4-14-16-10)8(9(11)12)6(2)15-5/h3-4H,1-2H3,(H3,11,12)(H,13,14,16). The van der Waals surface area contributed by atoms with Gasteiger partial charge >= 0.3 is 0 Å². The molecule has 0 saturated carbocycles. The van der Waals surface area contributed by atoms with E-state index >= 15 is 0 Å². The number of hydrogen-bond donors (Lipinski definition) is 3. The number of nitrogens with two attached hydrogens (primary N) is 1. The van der Waals surface area contributed by atoms with Gasteiger partial charge in [-0.05, 0) is 31.7 Å². The van der Waals surface area contributed by atoms with Crippen molar-refractivity contribution < 1.29 is 0 Å². The molecular weight excluding hydrogens is 236 g/mol. The Balaban J connectivity index is 2.47. The highest BCUT2D eigenvalue weighted by atomic mass is 32.2. The van der Waals surface area contributed by atoms with Crippen LogP contribution in [0.3, 0.4) is 0 Å². The van der Waals surface area contributed by atoms with Crippen LogP contribution in [0.4, 0.5) is 0 Å². The molecular formula is C10H12N6S. The molecule has 0 bridgehead atoms. The molecule has 6 nitrogen and oxygen atoms in total. The van der Waals surface area contributed by atoms with Crippen LogP contribution in [-0.4, -0.2) is 26.0 Å². The topological polar surface area (TPSA) is 104 Å². The van der Waals surface area contributed by atoms with Crippen LogP contribution in [0.2, 0.25) is 0 Å². The third-order valence-corrected chi connectivity index (χ3v) is 3.09. The maximum Gasteiger partial charge on any atom is 0.188 e. The molecule has 0 amide bonds.